The normalized spacial score (nSPS) is 11.3. The van der Waals surface area contributed by atoms with Gasteiger partial charge in [0.2, 0.25) is 0 Å². The Hall–Kier alpha value is -4.13. The molecule has 158 valence electrons. The van der Waals surface area contributed by atoms with E-state index < -0.39 is 18.5 Å². The number of rotatable bonds is 7. The number of benzene rings is 3. The Morgan fingerprint density at radius 2 is 1.65 bits per heavy atom. The van der Waals surface area contributed by atoms with Crippen molar-refractivity contribution < 1.29 is 24.2 Å². The van der Waals surface area contributed by atoms with Crippen LogP contribution in [0.1, 0.15) is 39.2 Å². The van der Waals surface area contributed by atoms with Crippen molar-refractivity contribution in [3.05, 3.63) is 95.6 Å². The fourth-order valence-electron chi connectivity index (χ4n) is 2.92. The van der Waals surface area contributed by atoms with Crippen molar-refractivity contribution in [3.63, 3.8) is 0 Å². The van der Waals surface area contributed by atoms with Gasteiger partial charge in [0.25, 0.3) is 11.8 Å². The Kier molecular flexibility index (Phi) is 7.01. The van der Waals surface area contributed by atoms with Gasteiger partial charge in [0, 0.05) is 0 Å². The monoisotopic (exact) mass is 418 g/mol. The number of aromatic hydroxyl groups is 1. The summed E-state index contributed by atoms with van der Waals surface area (Å²) in [6, 6.07) is 21.5. The van der Waals surface area contributed by atoms with E-state index in [1.807, 2.05) is 37.3 Å². The molecule has 3 N–H and O–H groups in total. The Bertz CT molecular complexity index is 1080. The van der Waals surface area contributed by atoms with E-state index in [9.17, 15) is 19.5 Å². The molecule has 0 aliphatic heterocycles. The van der Waals surface area contributed by atoms with Crippen LogP contribution in [0.3, 0.4) is 0 Å². The van der Waals surface area contributed by atoms with Crippen LogP contribution in [0.5, 0.6) is 5.75 Å². The minimum atomic E-state index is -0.742. The number of anilines is 1. The van der Waals surface area contributed by atoms with E-state index in [1.54, 1.807) is 24.3 Å². The van der Waals surface area contributed by atoms with Crippen LogP contribution in [0.4, 0.5) is 5.69 Å². The largest absolute Gasteiger partial charge is 0.508 e. The molecule has 0 fully saturated rings. The molecule has 0 aliphatic rings. The van der Waals surface area contributed by atoms with Gasteiger partial charge in [-0.3, -0.25) is 9.59 Å². The number of esters is 1. The van der Waals surface area contributed by atoms with Gasteiger partial charge in [-0.05, 0) is 42.8 Å². The summed E-state index contributed by atoms with van der Waals surface area (Å²) < 4.78 is 4.98. The molecular weight excluding hydrogens is 396 g/mol. The molecule has 0 heterocycles. The first-order valence-corrected chi connectivity index (χ1v) is 9.65. The van der Waals surface area contributed by atoms with Crippen LogP contribution in [0.25, 0.3) is 0 Å². The average Bonchev–Trinajstić information content (AvgIpc) is 2.78. The standard InChI is InChI=1S/C24H22N2O5/c1-16(17-8-3-2-4-9-17)25-23(29)20-12-5-6-13-21(20)26-22(28)15-31-24(30)18-10-7-11-19(27)14-18/h2-14,16,27H,15H2,1H3,(H,25,29)(H,26,28)/t16-/m1/s1. The summed E-state index contributed by atoms with van der Waals surface area (Å²) in [7, 11) is 0. The second-order valence-corrected chi connectivity index (χ2v) is 6.83. The van der Waals surface area contributed by atoms with E-state index >= 15 is 0 Å². The number of hydrogen-bond donors (Lipinski definition) is 3. The summed E-state index contributed by atoms with van der Waals surface area (Å²) in [5, 5.41) is 14.9. The Balaban J connectivity index is 1.61. The van der Waals surface area contributed by atoms with Gasteiger partial charge in [-0.2, -0.15) is 0 Å². The zero-order valence-electron chi connectivity index (χ0n) is 16.9. The fraction of sp³-hybridized carbons (Fsp3) is 0.125. The van der Waals surface area contributed by atoms with Crippen LogP contribution in [-0.4, -0.2) is 29.5 Å². The zero-order valence-corrected chi connectivity index (χ0v) is 16.9. The SMILES string of the molecule is C[C@@H](NC(=O)c1ccccc1NC(=O)COC(=O)c1cccc(O)c1)c1ccccc1. The topological polar surface area (TPSA) is 105 Å². The van der Waals surface area contributed by atoms with Gasteiger partial charge in [0.15, 0.2) is 6.61 Å². The Morgan fingerprint density at radius 1 is 0.935 bits per heavy atom. The predicted molar refractivity (Wildman–Crippen MR) is 116 cm³/mol. The molecule has 0 spiro atoms. The van der Waals surface area contributed by atoms with Crippen molar-refractivity contribution in [2.24, 2.45) is 0 Å². The highest BCUT2D eigenvalue weighted by Crippen LogP contribution is 2.18. The van der Waals surface area contributed by atoms with Gasteiger partial charge >= 0.3 is 5.97 Å². The van der Waals surface area contributed by atoms with Crippen molar-refractivity contribution in [1.82, 2.24) is 5.32 Å². The van der Waals surface area contributed by atoms with E-state index in [4.69, 9.17) is 4.74 Å². The zero-order chi connectivity index (χ0) is 22.2. The third kappa shape index (κ3) is 5.93. The second-order valence-electron chi connectivity index (χ2n) is 6.83. The van der Waals surface area contributed by atoms with Gasteiger partial charge in [-0.1, -0.05) is 48.5 Å². The molecule has 1 atom stereocenters. The highest BCUT2D eigenvalue weighted by Gasteiger charge is 2.17. The fourth-order valence-corrected chi connectivity index (χ4v) is 2.92. The first-order chi connectivity index (χ1) is 14.9. The maximum absolute atomic E-state index is 12.7. The molecule has 3 aromatic rings. The van der Waals surface area contributed by atoms with Crippen LogP contribution in [0, 0.1) is 0 Å². The minimum absolute atomic E-state index is 0.0800. The van der Waals surface area contributed by atoms with Gasteiger partial charge in [0.05, 0.1) is 22.9 Å². The number of hydrogen-bond acceptors (Lipinski definition) is 5. The number of amides is 2. The molecule has 0 aliphatic carbocycles. The first kappa shape index (κ1) is 21.6. The van der Waals surface area contributed by atoms with Crippen molar-refractivity contribution in [3.8, 4) is 5.75 Å². The molecule has 0 saturated carbocycles. The molecule has 3 aromatic carbocycles. The molecule has 7 nitrogen and oxygen atoms in total. The van der Waals surface area contributed by atoms with E-state index in [2.05, 4.69) is 10.6 Å². The lowest BCUT2D eigenvalue weighted by atomic mass is 10.1. The molecule has 31 heavy (non-hydrogen) atoms. The highest BCUT2D eigenvalue weighted by molar-refractivity contribution is 6.04. The molecule has 0 saturated heterocycles. The van der Waals surface area contributed by atoms with Crippen molar-refractivity contribution in [2.75, 3.05) is 11.9 Å². The molecule has 0 radical (unpaired) electrons. The molecular formula is C24H22N2O5. The van der Waals surface area contributed by atoms with Crippen LogP contribution >= 0.6 is 0 Å². The van der Waals surface area contributed by atoms with E-state index in [0.717, 1.165) is 5.56 Å². The highest BCUT2D eigenvalue weighted by atomic mass is 16.5. The summed E-state index contributed by atoms with van der Waals surface area (Å²) in [6.45, 7) is 1.33. The average molecular weight is 418 g/mol. The van der Waals surface area contributed by atoms with Gasteiger partial charge in [0.1, 0.15) is 5.75 Å². The molecule has 0 bridgehead atoms. The lowest BCUT2D eigenvalue weighted by molar-refractivity contribution is -0.119. The smallest absolute Gasteiger partial charge is 0.338 e. The number of para-hydroxylation sites is 1. The summed E-state index contributed by atoms with van der Waals surface area (Å²) in [6.07, 6.45) is 0. The maximum Gasteiger partial charge on any atom is 0.338 e. The van der Waals surface area contributed by atoms with Crippen molar-refractivity contribution in [1.29, 1.82) is 0 Å². The third-order valence-electron chi connectivity index (χ3n) is 4.51. The Morgan fingerprint density at radius 3 is 2.39 bits per heavy atom. The second kappa shape index (κ2) is 10.1. The summed E-state index contributed by atoms with van der Waals surface area (Å²) in [5.74, 6) is -1.76. The number of phenols is 1. The van der Waals surface area contributed by atoms with Crippen LogP contribution in [0.15, 0.2) is 78.9 Å². The molecule has 2 amide bonds. The summed E-state index contributed by atoms with van der Waals surface area (Å²) in [4.78, 5) is 37.0. The van der Waals surface area contributed by atoms with E-state index in [0.29, 0.717) is 5.69 Å². The van der Waals surface area contributed by atoms with Crippen LogP contribution in [0.2, 0.25) is 0 Å². The number of ether oxygens (including phenoxy) is 1. The number of carbonyl (C=O) groups is 3. The van der Waals surface area contributed by atoms with Crippen LogP contribution in [-0.2, 0) is 9.53 Å². The summed E-state index contributed by atoms with van der Waals surface area (Å²) in [5.41, 5.74) is 1.68. The minimum Gasteiger partial charge on any atom is -0.508 e. The quantitative estimate of drug-likeness (QED) is 0.508. The molecule has 0 unspecified atom stereocenters. The van der Waals surface area contributed by atoms with Crippen LogP contribution < -0.4 is 10.6 Å². The van der Waals surface area contributed by atoms with E-state index in [-0.39, 0.29) is 28.8 Å². The lowest BCUT2D eigenvalue weighted by Crippen LogP contribution is -2.28. The number of carbonyl (C=O) groups excluding carboxylic acids is 3. The molecule has 3 rings (SSSR count). The predicted octanol–water partition coefficient (Wildman–Crippen LogP) is 3.68. The van der Waals surface area contributed by atoms with Crippen molar-refractivity contribution >= 4 is 23.5 Å². The van der Waals surface area contributed by atoms with Crippen molar-refractivity contribution in [2.45, 2.75) is 13.0 Å². The lowest BCUT2D eigenvalue weighted by Gasteiger charge is -2.16. The number of phenolic OH excluding ortho intramolecular Hbond substituents is 1. The number of nitrogens with one attached hydrogen (secondary N) is 2. The van der Waals surface area contributed by atoms with Gasteiger partial charge in [-0.15, -0.1) is 0 Å². The summed E-state index contributed by atoms with van der Waals surface area (Å²) >= 11 is 0. The Labute approximate surface area is 179 Å². The van der Waals surface area contributed by atoms with Gasteiger partial charge in [-0.25, -0.2) is 4.79 Å². The third-order valence-corrected chi connectivity index (χ3v) is 4.51. The molecule has 0 aromatic heterocycles. The van der Waals surface area contributed by atoms with Gasteiger partial charge < -0.3 is 20.5 Å². The first-order valence-electron chi connectivity index (χ1n) is 9.65. The van der Waals surface area contributed by atoms with E-state index in [1.165, 1.54) is 24.3 Å². The maximum atomic E-state index is 12.7. The molecule has 7 heteroatoms.